The van der Waals surface area contributed by atoms with Gasteiger partial charge in [-0.1, -0.05) is 44.2 Å². The van der Waals surface area contributed by atoms with Gasteiger partial charge in [-0.15, -0.1) is 0 Å². The number of benzene rings is 1. The van der Waals surface area contributed by atoms with Crippen LogP contribution in [0.15, 0.2) is 36.4 Å². The monoisotopic (exact) mass is 284 g/mol. The van der Waals surface area contributed by atoms with Crippen molar-refractivity contribution in [2.45, 2.75) is 26.7 Å². The quantitative estimate of drug-likeness (QED) is 0.839. The molecule has 0 saturated heterocycles. The number of rotatable bonds is 7. The zero-order valence-electron chi connectivity index (χ0n) is 13.1. The van der Waals surface area contributed by atoms with E-state index in [0.717, 1.165) is 49.0 Å². The molecule has 1 aromatic carbocycles. The molecule has 1 heterocycles. The van der Waals surface area contributed by atoms with Crippen LogP contribution in [0, 0.1) is 0 Å². The Bertz CT molecular complexity index is 554. The Balaban J connectivity index is 2.37. The van der Waals surface area contributed by atoms with Crippen molar-refractivity contribution in [3.8, 4) is 11.4 Å². The molecule has 0 aliphatic heterocycles. The van der Waals surface area contributed by atoms with Gasteiger partial charge in [0.15, 0.2) is 5.82 Å². The number of nitrogens with zero attached hydrogens (tertiary/aromatic N) is 3. The minimum atomic E-state index is 0.773. The van der Waals surface area contributed by atoms with Crippen LogP contribution in [0.2, 0.25) is 0 Å². The zero-order chi connectivity index (χ0) is 15.1. The largest absolute Gasteiger partial charge is 0.370 e. The van der Waals surface area contributed by atoms with E-state index in [1.807, 2.05) is 36.4 Å². The first-order valence-corrected chi connectivity index (χ1v) is 7.64. The number of hydrogen-bond donors (Lipinski definition) is 1. The van der Waals surface area contributed by atoms with Crippen molar-refractivity contribution in [2.75, 3.05) is 30.4 Å². The molecule has 0 atom stereocenters. The lowest BCUT2D eigenvalue weighted by Crippen LogP contribution is -2.20. The van der Waals surface area contributed by atoms with Gasteiger partial charge in [0.05, 0.1) is 0 Å². The van der Waals surface area contributed by atoms with Crippen LogP contribution in [0.5, 0.6) is 0 Å². The van der Waals surface area contributed by atoms with Crippen molar-refractivity contribution in [1.82, 2.24) is 9.97 Å². The van der Waals surface area contributed by atoms with Gasteiger partial charge in [0.25, 0.3) is 0 Å². The molecule has 0 aliphatic rings. The average molecular weight is 284 g/mol. The van der Waals surface area contributed by atoms with Gasteiger partial charge in [0, 0.05) is 31.8 Å². The van der Waals surface area contributed by atoms with Gasteiger partial charge in [0.1, 0.15) is 11.6 Å². The molecule has 4 nitrogen and oxygen atoms in total. The van der Waals surface area contributed by atoms with Crippen molar-refractivity contribution in [1.29, 1.82) is 0 Å². The van der Waals surface area contributed by atoms with Gasteiger partial charge in [-0.05, 0) is 12.8 Å². The van der Waals surface area contributed by atoms with Gasteiger partial charge < -0.3 is 10.2 Å². The van der Waals surface area contributed by atoms with E-state index in [0.29, 0.717) is 0 Å². The highest BCUT2D eigenvalue weighted by atomic mass is 15.2. The van der Waals surface area contributed by atoms with E-state index in [1.165, 1.54) is 0 Å². The molecule has 1 N–H and O–H groups in total. The van der Waals surface area contributed by atoms with Crippen LogP contribution in [-0.2, 0) is 0 Å². The second kappa shape index (κ2) is 7.62. The van der Waals surface area contributed by atoms with Crippen LogP contribution in [0.25, 0.3) is 11.4 Å². The smallest absolute Gasteiger partial charge is 0.163 e. The molecule has 0 unspecified atom stereocenters. The summed E-state index contributed by atoms with van der Waals surface area (Å²) in [5.41, 5.74) is 1.05. The van der Waals surface area contributed by atoms with Crippen molar-refractivity contribution in [2.24, 2.45) is 0 Å². The van der Waals surface area contributed by atoms with Crippen LogP contribution in [0.4, 0.5) is 11.6 Å². The standard InChI is InChI=1S/C17H24N4/c1-4-11-18-15-13-16(21(3)12-5-2)20-17(19-15)14-9-7-6-8-10-14/h6-10,13H,4-5,11-12H2,1-3H3,(H,18,19,20). The second-order valence-corrected chi connectivity index (χ2v) is 5.15. The number of hydrogen-bond acceptors (Lipinski definition) is 4. The van der Waals surface area contributed by atoms with Crippen molar-refractivity contribution < 1.29 is 0 Å². The van der Waals surface area contributed by atoms with Crippen molar-refractivity contribution >= 4 is 11.6 Å². The molecule has 2 rings (SSSR count). The molecule has 1 aromatic heterocycles. The average Bonchev–Trinajstić information content (AvgIpc) is 2.53. The van der Waals surface area contributed by atoms with Gasteiger partial charge in [-0.2, -0.15) is 0 Å². The summed E-state index contributed by atoms with van der Waals surface area (Å²) in [5, 5.41) is 3.36. The summed E-state index contributed by atoms with van der Waals surface area (Å²) in [5.74, 6) is 2.63. The van der Waals surface area contributed by atoms with E-state index in [1.54, 1.807) is 0 Å². The lowest BCUT2D eigenvalue weighted by Gasteiger charge is -2.19. The summed E-state index contributed by atoms with van der Waals surface area (Å²) in [4.78, 5) is 11.5. The van der Waals surface area contributed by atoms with Crippen LogP contribution < -0.4 is 10.2 Å². The Morgan fingerprint density at radius 1 is 1.05 bits per heavy atom. The van der Waals surface area contributed by atoms with Gasteiger partial charge in [-0.3, -0.25) is 0 Å². The lowest BCUT2D eigenvalue weighted by molar-refractivity contribution is 0.835. The SMILES string of the molecule is CCCNc1cc(N(C)CCC)nc(-c2ccccc2)n1. The highest BCUT2D eigenvalue weighted by molar-refractivity contribution is 5.61. The van der Waals surface area contributed by atoms with Crippen molar-refractivity contribution in [3.63, 3.8) is 0 Å². The molecule has 0 radical (unpaired) electrons. The third-order valence-electron chi connectivity index (χ3n) is 3.25. The van der Waals surface area contributed by atoms with E-state index in [9.17, 15) is 0 Å². The summed E-state index contributed by atoms with van der Waals surface area (Å²) in [7, 11) is 2.07. The number of anilines is 2. The second-order valence-electron chi connectivity index (χ2n) is 5.15. The first-order valence-electron chi connectivity index (χ1n) is 7.64. The van der Waals surface area contributed by atoms with E-state index in [4.69, 9.17) is 4.98 Å². The molecule has 0 spiro atoms. The summed E-state index contributed by atoms with van der Waals surface area (Å²) in [6, 6.07) is 12.1. The molecule has 0 amide bonds. The molecule has 0 saturated carbocycles. The van der Waals surface area contributed by atoms with Gasteiger partial charge in [-0.25, -0.2) is 9.97 Å². The lowest BCUT2D eigenvalue weighted by atomic mass is 10.2. The zero-order valence-corrected chi connectivity index (χ0v) is 13.1. The van der Waals surface area contributed by atoms with Crippen molar-refractivity contribution in [3.05, 3.63) is 36.4 Å². The van der Waals surface area contributed by atoms with Crippen LogP contribution in [0.3, 0.4) is 0 Å². The number of nitrogens with one attached hydrogen (secondary N) is 1. The topological polar surface area (TPSA) is 41.0 Å². The third kappa shape index (κ3) is 4.18. The number of aromatic nitrogens is 2. The highest BCUT2D eigenvalue weighted by Crippen LogP contribution is 2.22. The fraction of sp³-hybridized carbons (Fsp3) is 0.412. The van der Waals surface area contributed by atoms with Gasteiger partial charge in [0.2, 0.25) is 0 Å². The first-order chi connectivity index (χ1) is 10.2. The van der Waals surface area contributed by atoms with Crippen LogP contribution in [-0.4, -0.2) is 30.1 Å². The maximum Gasteiger partial charge on any atom is 0.163 e. The molecular formula is C17H24N4. The third-order valence-corrected chi connectivity index (χ3v) is 3.25. The Morgan fingerprint density at radius 3 is 2.48 bits per heavy atom. The molecule has 112 valence electrons. The summed E-state index contributed by atoms with van der Waals surface area (Å²) in [6.45, 7) is 6.23. The molecule has 2 aromatic rings. The van der Waals surface area contributed by atoms with E-state index < -0.39 is 0 Å². The minimum absolute atomic E-state index is 0.773. The fourth-order valence-corrected chi connectivity index (χ4v) is 2.14. The molecule has 4 heteroatoms. The maximum atomic E-state index is 4.71. The summed E-state index contributed by atoms with van der Waals surface area (Å²) < 4.78 is 0. The van der Waals surface area contributed by atoms with E-state index >= 15 is 0 Å². The highest BCUT2D eigenvalue weighted by Gasteiger charge is 2.09. The fourth-order valence-electron chi connectivity index (χ4n) is 2.14. The Hall–Kier alpha value is -2.10. The molecule has 0 bridgehead atoms. The molecule has 0 aliphatic carbocycles. The molecular weight excluding hydrogens is 260 g/mol. The Kier molecular flexibility index (Phi) is 5.55. The normalized spacial score (nSPS) is 10.4. The summed E-state index contributed by atoms with van der Waals surface area (Å²) >= 11 is 0. The van der Waals surface area contributed by atoms with Gasteiger partial charge >= 0.3 is 0 Å². The predicted octanol–water partition coefficient (Wildman–Crippen LogP) is 3.81. The minimum Gasteiger partial charge on any atom is -0.370 e. The van der Waals surface area contributed by atoms with Crippen LogP contribution >= 0.6 is 0 Å². The van der Waals surface area contributed by atoms with Crippen LogP contribution in [0.1, 0.15) is 26.7 Å². The molecule has 21 heavy (non-hydrogen) atoms. The van der Waals surface area contributed by atoms with E-state index in [-0.39, 0.29) is 0 Å². The summed E-state index contributed by atoms with van der Waals surface area (Å²) in [6.07, 6.45) is 2.17. The molecule has 0 fully saturated rings. The first kappa shape index (κ1) is 15.3. The van der Waals surface area contributed by atoms with E-state index in [2.05, 4.69) is 36.1 Å². The Morgan fingerprint density at radius 2 is 1.81 bits per heavy atom. The Labute approximate surface area is 127 Å². The predicted molar refractivity (Wildman–Crippen MR) is 89.8 cm³/mol. The maximum absolute atomic E-state index is 4.71.